The number of hydrogen-bond donors (Lipinski definition) is 2. The van der Waals surface area contributed by atoms with E-state index in [1.165, 1.54) is 15.6 Å². The fourth-order valence-electron chi connectivity index (χ4n) is 2.45. The van der Waals surface area contributed by atoms with E-state index in [-0.39, 0.29) is 6.10 Å². The van der Waals surface area contributed by atoms with Gasteiger partial charge in [0.2, 0.25) is 0 Å². The summed E-state index contributed by atoms with van der Waals surface area (Å²) in [6.45, 7) is 1.97. The average molecular weight is 247 g/mol. The minimum Gasteiger partial charge on any atom is -0.393 e. The molecule has 0 amide bonds. The Morgan fingerprint density at radius 1 is 1.29 bits per heavy atom. The average Bonchev–Trinajstić information content (AvgIpc) is 2.70. The summed E-state index contributed by atoms with van der Waals surface area (Å²) in [5, 5.41) is 16.3. The van der Waals surface area contributed by atoms with E-state index in [2.05, 4.69) is 35.0 Å². The first-order valence-corrected chi connectivity index (χ1v) is 7.05. The molecule has 3 rings (SSSR count). The van der Waals surface area contributed by atoms with Crippen molar-refractivity contribution in [2.75, 3.05) is 6.54 Å². The standard InChI is InChI=1S/C14H17NOS/c16-12-5-10(6-12)7-15-8-11-9-17-14-4-2-1-3-13(11)14/h1-4,9-10,12,15-16H,5-8H2. The van der Waals surface area contributed by atoms with Crippen LogP contribution in [-0.2, 0) is 6.54 Å². The smallest absolute Gasteiger partial charge is 0.0546 e. The van der Waals surface area contributed by atoms with Crippen LogP contribution in [0.5, 0.6) is 0 Å². The number of nitrogens with one attached hydrogen (secondary N) is 1. The van der Waals surface area contributed by atoms with E-state index in [9.17, 15) is 5.11 Å². The van der Waals surface area contributed by atoms with Gasteiger partial charge in [0.25, 0.3) is 0 Å². The van der Waals surface area contributed by atoms with Gasteiger partial charge < -0.3 is 10.4 Å². The molecular weight excluding hydrogens is 230 g/mol. The van der Waals surface area contributed by atoms with Gasteiger partial charge in [0.05, 0.1) is 6.10 Å². The highest BCUT2D eigenvalue weighted by molar-refractivity contribution is 7.17. The Morgan fingerprint density at radius 3 is 2.94 bits per heavy atom. The normalized spacial score (nSPS) is 23.8. The molecule has 0 atom stereocenters. The molecule has 1 heterocycles. The lowest BCUT2D eigenvalue weighted by Crippen LogP contribution is -2.35. The van der Waals surface area contributed by atoms with Crippen LogP contribution < -0.4 is 5.32 Å². The largest absolute Gasteiger partial charge is 0.393 e. The molecule has 3 heteroatoms. The van der Waals surface area contributed by atoms with Crippen LogP contribution in [0.25, 0.3) is 10.1 Å². The number of thiophene rings is 1. The fraction of sp³-hybridized carbons (Fsp3) is 0.429. The van der Waals surface area contributed by atoms with Crippen molar-refractivity contribution >= 4 is 21.4 Å². The quantitative estimate of drug-likeness (QED) is 0.870. The number of benzene rings is 1. The van der Waals surface area contributed by atoms with E-state index in [4.69, 9.17) is 0 Å². The number of aliphatic hydroxyl groups excluding tert-OH is 1. The zero-order chi connectivity index (χ0) is 11.7. The van der Waals surface area contributed by atoms with Gasteiger partial charge in [-0.2, -0.15) is 0 Å². The van der Waals surface area contributed by atoms with Crippen LogP contribution in [0.15, 0.2) is 29.6 Å². The molecule has 17 heavy (non-hydrogen) atoms. The Balaban J connectivity index is 1.58. The van der Waals surface area contributed by atoms with Crippen molar-refractivity contribution in [3.8, 4) is 0 Å². The molecule has 2 N–H and O–H groups in total. The molecular formula is C14H17NOS. The molecule has 1 fully saturated rings. The first kappa shape index (κ1) is 11.2. The summed E-state index contributed by atoms with van der Waals surface area (Å²) in [4.78, 5) is 0. The van der Waals surface area contributed by atoms with Crippen molar-refractivity contribution in [3.05, 3.63) is 35.2 Å². The zero-order valence-electron chi connectivity index (χ0n) is 9.73. The predicted octanol–water partition coefficient (Wildman–Crippen LogP) is 2.76. The number of rotatable bonds is 4. The second-order valence-electron chi connectivity index (χ2n) is 4.88. The van der Waals surface area contributed by atoms with Gasteiger partial charge >= 0.3 is 0 Å². The molecule has 0 saturated heterocycles. The lowest BCUT2D eigenvalue weighted by Gasteiger charge is -2.31. The summed E-state index contributed by atoms with van der Waals surface area (Å²) >= 11 is 1.81. The highest BCUT2D eigenvalue weighted by Crippen LogP contribution is 2.27. The molecule has 0 aliphatic heterocycles. The Bertz CT molecular complexity index is 502. The molecule has 2 aromatic rings. The van der Waals surface area contributed by atoms with Gasteiger partial charge in [-0.3, -0.25) is 0 Å². The van der Waals surface area contributed by atoms with Crippen molar-refractivity contribution in [1.29, 1.82) is 0 Å². The highest BCUT2D eigenvalue weighted by atomic mass is 32.1. The van der Waals surface area contributed by atoms with E-state index in [0.29, 0.717) is 5.92 Å². The molecule has 0 radical (unpaired) electrons. The van der Waals surface area contributed by atoms with Gasteiger partial charge in [0, 0.05) is 11.2 Å². The maximum atomic E-state index is 9.22. The topological polar surface area (TPSA) is 32.3 Å². The van der Waals surface area contributed by atoms with Crippen molar-refractivity contribution in [1.82, 2.24) is 5.32 Å². The van der Waals surface area contributed by atoms with Gasteiger partial charge in [-0.15, -0.1) is 11.3 Å². The first-order chi connectivity index (χ1) is 8.33. The van der Waals surface area contributed by atoms with Crippen LogP contribution in [-0.4, -0.2) is 17.8 Å². The third kappa shape index (κ3) is 2.37. The summed E-state index contributed by atoms with van der Waals surface area (Å²) in [6, 6.07) is 8.55. The molecule has 1 aliphatic carbocycles. The second kappa shape index (κ2) is 4.77. The zero-order valence-corrected chi connectivity index (χ0v) is 10.5. The lowest BCUT2D eigenvalue weighted by molar-refractivity contribution is 0.0430. The molecule has 1 saturated carbocycles. The summed E-state index contributed by atoms with van der Waals surface area (Å²) in [5.74, 6) is 0.676. The molecule has 1 aromatic carbocycles. The summed E-state index contributed by atoms with van der Waals surface area (Å²) in [7, 11) is 0. The van der Waals surface area contributed by atoms with Crippen molar-refractivity contribution in [2.24, 2.45) is 5.92 Å². The van der Waals surface area contributed by atoms with Gasteiger partial charge in [0.1, 0.15) is 0 Å². The summed E-state index contributed by atoms with van der Waals surface area (Å²) < 4.78 is 1.36. The van der Waals surface area contributed by atoms with Crippen LogP contribution in [0.1, 0.15) is 18.4 Å². The van der Waals surface area contributed by atoms with Crippen molar-refractivity contribution in [3.63, 3.8) is 0 Å². The molecule has 1 aliphatic rings. The van der Waals surface area contributed by atoms with E-state index >= 15 is 0 Å². The van der Waals surface area contributed by atoms with Crippen LogP contribution in [0.2, 0.25) is 0 Å². The Morgan fingerprint density at radius 2 is 2.12 bits per heavy atom. The van der Waals surface area contributed by atoms with Gasteiger partial charge in [-0.1, -0.05) is 18.2 Å². The number of fused-ring (bicyclic) bond motifs is 1. The third-order valence-corrected chi connectivity index (χ3v) is 4.53. The molecule has 0 spiro atoms. The molecule has 90 valence electrons. The van der Waals surface area contributed by atoms with E-state index < -0.39 is 0 Å². The van der Waals surface area contributed by atoms with E-state index in [1.54, 1.807) is 0 Å². The SMILES string of the molecule is OC1CC(CNCc2csc3ccccc23)C1. The summed E-state index contributed by atoms with van der Waals surface area (Å²) in [5.41, 5.74) is 1.39. The van der Waals surface area contributed by atoms with Crippen molar-refractivity contribution < 1.29 is 5.11 Å². The maximum Gasteiger partial charge on any atom is 0.0546 e. The summed E-state index contributed by atoms with van der Waals surface area (Å²) in [6.07, 6.45) is 1.90. The number of hydrogen-bond acceptors (Lipinski definition) is 3. The molecule has 2 nitrogen and oxygen atoms in total. The van der Waals surface area contributed by atoms with E-state index in [0.717, 1.165) is 25.9 Å². The molecule has 0 unspecified atom stereocenters. The lowest BCUT2D eigenvalue weighted by atomic mass is 9.82. The fourth-order valence-corrected chi connectivity index (χ4v) is 3.41. The van der Waals surface area contributed by atoms with Gasteiger partial charge in [0.15, 0.2) is 0 Å². The van der Waals surface area contributed by atoms with Crippen LogP contribution >= 0.6 is 11.3 Å². The van der Waals surface area contributed by atoms with Crippen LogP contribution in [0.4, 0.5) is 0 Å². The minimum absolute atomic E-state index is 0.0382. The molecule has 0 bridgehead atoms. The van der Waals surface area contributed by atoms with Crippen LogP contribution in [0.3, 0.4) is 0 Å². The third-order valence-electron chi connectivity index (χ3n) is 3.52. The monoisotopic (exact) mass is 247 g/mol. The van der Waals surface area contributed by atoms with Crippen LogP contribution in [0, 0.1) is 5.92 Å². The first-order valence-electron chi connectivity index (χ1n) is 6.17. The van der Waals surface area contributed by atoms with Gasteiger partial charge in [-0.05, 0) is 47.7 Å². The maximum absolute atomic E-state index is 9.22. The number of aliphatic hydroxyl groups is 1. The highest BCUT2D eigenvalue weighted by Gasteiger charge is 2.26. The predicted molar refractivity (Wildman–Crippen MR) is 72.3 cm³/mol. The van der Waals surface area contributed by atoms with E-state index in [1.807, 2.05) is 11.3 Å². The van der Waals surface area contributed by atoms with Crippen molar-refractivity contribution in [2.45, 2.75) is 25.5 Å². The molecule has 1 aromatic heterocycles. The second-order valence-corrected chi connectivity index (χ2v) is 5.79. The Hall–Kier alpha value is -0.900. The Labute approximate surface area is 105 Å². The minimum atomic E-state index is -0.0382. The van der Waals surface area contributed by atoms with Gasteiger partial charge in [-0.25, -0.2) is 0 Å². The Kier molecular flexibility index (Phi) is 3.14.